The molecule has 2 rings (SSSR count). The first-order chi connectivity index (χ1) is 15.7. The highest BCUT2D eigenvalue weighted by Crippen LogP contribution is 2.21. The fourth-order valence-corrected chi connectivity index (χ4v) is 4.14. The van der Waals surface area contributed by atoms with Gasteiger partial charge in [0.1, 0.15) is 12.6 Å². The van der Waals surface area contributed by atoms with Gasteiger partial charge in [0.15, 0.2) is 11.6 Å². The lowest BCUT2D eigenvalue weighted by molar-refractivity contribution is -0.139. The Morgan fingerprint density at radius 2 is 1.65 bits per heavy atom. The topological polar surface area (TPSA) is 86.8 Å². The fourth-order valence-electron chi connectivity index (χ4n) is 3.30. The number of carbonyl (C=O) groups is 2. The molecule has 186 valence electrons. The van der Waals surface area contributed by atoms with Crippen LogP contribution in [-0.2, 0) is 26.0 Å². The van der Waals surface area contributed by atoms with Crippen LogP contribution in [0.25, 0.3) is 0 Å². The summed E-state index contributed by atoms with van der Waals surface area (Å²) in [5.41, 5.74) is 0.207. The van der Waals surface area contributed by atoms with Crippen molar-refractivity contribution in [2.24, 2.45) is 0 Å². The van der Waals surface area contributed by atoms with E-state index in [-0.39, 0.29) is 12.2 Å². The summed E-state index contributed by atoms with van der Waals surface area (Å²) in [4.78, 5) is 27.5. The molecule has 7 nitrogen and oxygen atoms in total. The highest BCUT2D eigenvalue weighted by molar-refractivity contribution is 7.92. The van der Waals surface area contributed by atoms with E-state index in [0.29, 0.717) is 16.8 Å². The Labute approximate surface area is 199 Å². The number of sulfonamides is 1. The van der Waals surface area contributed by atoms with Gasteiger partial charge in [0.05, 0.1) is 11.9 Å². The van der Waals surface area contributed by atoms with Crippen molar-refractivity contribution in [1.82, 2.24) is 10.2 Å². The van der Waals surface area contributed by atoms with Crippen LogP contribution in [-0.4, -0.2) is 56.1 Å². The predicted octanol–water partition coefficient (Wildman–Crippen LogP) is 3.11. The zero-order chi connectivity index (χ0) is 25.7. The lowest BCUT2D eigenvalue weighted by Crippen LogP contribution is -2.55. The number of anilines is 1. The Kier molecular flexibility index (Phi) is 8.77. The van der Waals surface area contributed by atoms with E-state index >= 15 is 0 Å². The normalized spacial score (nSPS) is 12.7. The number of benzene rings is 2. The molecule has 0 saturated carbocycles. The summed E-state index contributed by atoms with van der Waals surface area (Å²) in [5, 5.41) is 2.83. The zero-order valence-corrected chi connectivity index (χ0v) is 20.8. The zero-order valence-electron chi connectivity index (χ0n) is 20.0. The summed E-state index contributed by atoms with van der Waals surface area (Å²) in [5.74, 6) is -3.42. The molecule has 1 N–H and O–H groups in total. The maximum atomic E-state index is 13.8. The average Bonchev–Trinajstić information content (AvgIpc) is 2.72. The average molecular weight is 496 g/mol. The monoisotopic (exact) mass is 495 g/mol. The van der Waals surface area contributed by atoms with Crippen molar-refractivity contribution in [1.29, 1.82) is 0 Å². The van der Waals surface area contributed by atoms with E-state index in [1.54, 1.807) is 6.92 Å². The van der Waals surface area contributed by atoms with Gasteiger partial charge in [0, 0.05) is 18.2 Å². The van der Waals surface area contributed by atoms with Crippen LogP contribution in [0, 0.1) is 11.6 Å². The quantitative estimate of drug-likeness (QED) is 0.579. The highest BCUT2D eigenvalue weighted by atomic mass is 32.2. The molecule has 0 bridgehead atoms. The van der Waals surface area contributed by atoms with Gasteiger partial charge >= 0.3 is 0 Å². The van der Waals surface area contributed by atoms with Gasteiger partial charge in [0.2, 0.25) is 21.8 Å². The second-order valence-corrected chi connectivity index (χ2v) is 11.0. The minimum Gasteiger partial charge on any atom is -0.350 e. The van der Waals surface area contributed by atoms with Crippen LogP contribution in [0.5, 0.6) is 0 Å². The summed E-state index contributed by atoms with van der Waals surface area (Å²) < 4.78 is 52.7. The first kappa shape index (κ1) is 27.2. The Bertz CT molecular complexity index is 1120. The number of carbonyl (C=O) groups excluding carboxylic acids is 2. The Morgan fingerprint density at radius 1 is 1.03 bits per heavy atom. The molecule has 0 aromatic heterocycles. The van der Waals surface area contributed by atoms with Crippen LogP contribution < -0.4 is 9.62 Å². The number of rotatable bonds is 9. The SMILES string of the molecule is C[C@@H](C(=O)NC(C)(C)C)N(CCc1ccccc1)C(=O)CN(c1ccc(F)c(F)c1)S(C)(=O)=O. The molecular weight excluding hydrogens is 464 g/mol. The van der Waals surface area contributed by atoms with Gasteiger partial charge in [0.25, 0.3) is 0 Å². The number of nitrogens with one attached hydrogen (secondary N) is 1. The van der Waals surface area contributed by atoms with Crippen molar-refractivity contribution >= 4 is 27.5 Å². The molecule has 1 atom stereocenters. The van der Waals surface area contributed by atoms with Gasteiger partial charge in [-0.1, -0.05) is 30.3 Å². The van der Waals surface area contributed by atoms with Crippen LogP contribution in [0.4, 0.5) is 14.5 Å². The smallest absolute Gasteiger partial charge is 0.244 e. The Morgan fingerprint density at radius 3 is 2.18 bits per heavy atom. The van der Waals surface area contributed by atoms with E-state index in [0.717, 1.165) is 24.0 Å². The molecule has 0 fully saturated rings. The molecule has 0 unspecified atom stereocenters. The van der Waals surface area contributed by atoms with E-state index in [1.165, 1.54) is 4.90 Å². The van der Waals surface area contributed by atoms with E-state index in [1.807, 2.05) is 51.1 Å². The summed E-state index contributed by atoms with van der Waals surface area (Å²) in [7, 11) is -4.02. The minimum atomic E-state index is -4.02. The lowest BCUT2D eigenvalue weighted by atomic mass is 10.1. The third-order valence-corrected chi connectivity index (χ3v) is 6.16. The molecular formula is C24H31F2N3O4S. The van der Waals surface area contributed by atoms with E-state index in [4.69, 9.17) is 0 Å². The molecule has 0 radical (unpaired) electrons. The molecule has 0 heterocycles. The van der Waals surface area contributed by atoms with Gasteiger partial charge in [-0.3, -0.25) is 13.9 Å². The minimum absolute atomic E-state index is 0.150. The molecule has 0 aliphatic rings. The second-order valence-electron chi connectivity index (χ2n) is 9.11. The third kappa shape index (κ3) is 7.79. The van der Waals surface area contributed by atoms with Gasteiger partial charge in [-0.25, -0.2) is 17.2 Å². The summed E-state index contributed by atoms with van der Waals surface area (Å²) >= 11 is 0. The fraction of sp³-hybridized carbons (Fsp3) is 0.417. The van der Waals surface area contributed by atoms with E-state index in [2.05, 4.69) is 5.32 Å². The van der Waals surface area contributed by atoms with Crippen molar-refractivity contribution < 1.29 is 26.8 Å². The lowest BCUT2D eigenvalue weighted by Gasteiger charge is -2.33. The Hall–Kier alpha value is -3.01. The molecule has 0 aliphatic heterocycles. The van der Waals surface area contributed by atoms with Gasteiger partial charge < -0.3 is 10.2 Å². The summed E-state index contributed by atoms with van der Waals surface area (Å²) in [6, 6.07) is 11.0. The largest absolute Gasteiger partial charge is 0.350 e. The number of hydrogen-bond donors (Lipinski definition) is 1. The standard InChI is InChI=1S/C24H31F2N3O4S/c1-17(23(31)27-24(2,3)4)28(14-13-18-9-7-6-8-10-18)22(30)16-29(34(5,32)33)19-11-12-20(25)21(26)15-19/h6-12,15,17H,13-14,16H2,1-5H3,(H,27,31)/t17-/m0/s1. The van der Waals surface area contributed by atoms with Crippen molar-refractivity contribution in [2.75, 3.05) is 23.7 Å². The van der Waals surface area contributed by atoms with Crippen LogP contribution >= 0.6 is 0 Å². The van der Waals surface area contributed by atoms with Gasteiger partial charge in [-0.05, 0) is 51.8 Å². The molecule has 2 amide bonds. The highest BCUT2D eigenvalue weighted by Gasteiger charge is 2.31. The molecule has 34 heavy (non-hydrogen) atoms. The number of amides is 2. The summed E-state index contributed by atoms with van der Waals surface area (Å²) in [6.45, 7) is 6.46. The van der Waals surface area contributed by atoms with Crippen molar-refractivity contribution in [3.05, 3.63) is 65.7 Å². The molecule has 2 aromatic carbocycles. The maximum Gasteiger partial charge on any atom is 0.244 e. The first-order valence-electron chi connectivity index (χ1n) is 10.8. The summed E-state index contributed by atoms with van der Waals surface area (Å²) in [6.07, 6.45) is 1.30. The van der Waals surface area contributed by atoms with Crippen LogP contribution in [0.1, 0.15) is 33.3 Å². The van der Waals surface area contributed by atoms with Gasteiger partial charge in [-0.15, -0.1) is 0 Å². The van der Waals surface area contributed by atoms with E-state index < -0.39 is 51.6 Å². The van der Waals surface area contributed by atoms with Crippen LogP contribution in [0.15, 0.2) is 48.5 Å². The van der Waals surface area contributed by atoms with Crippen LogP contribution in [0.3, 0.4) is 0 Å². The molecule has 0 spiro atoms. The van der Waals surface area contributed by atoms with Crippen molar-refractivity contribution in [3.63, 3.8) is 0 Å². The van der Waals surface area contributed by atoms with Gasteiger partial charge in [-0.2, -0.15) is 0 Å². The van der Waals surface area contributed by atoms with Crippen molar-refractivity contribution in [3.8, 4) is 0 Å². The third-order valence-electron chi connectivity index (χ3n) is 5.02. The molecule has 0 aliphatic carbocycles. The van der Waals surface area contributed by atoms with Crippen LogP contribution in [0.2, 0.25) is 0 Å². The number of nitrogens with zero attached hydrogens (tertiary/aromatic N) is 2. The maximum absolute atomic E-state index is 13.8. The first-order valence-corrected chi connectivity index (χ1v) is 12.6. The molecule has 10 heteroatoms. The molecule has 0 saturated heterocycles. The van der Waals surface area contributed by atoms with Crippen molar-refractivity contribution in [2.45, 2.75) is 45.7 Å². The Balaban J connectivity index is 2.34. The number of halogens is 2. The number of hydrogen-bond acceptors (Lipinski definition) is 4. The predicted molar refractivity (Wildman–Crippen MR) is 128 cm³/mol. The van der Waals surface area contributed by atoms with E-state index in [9.17, 15) is 26.8 Å². The second kappa shape index (κ2) is 10.9. The molecule has 2 aromatic rings.